The van der Waals surface area contributed by atoms with E-state index in [9.17, 15) is 14.0 Å². The molecule has 9 heteroatoms. The van der Waals surface area contributed by atoms with Crippen molar-refractivity contribution >= 4 is 28.3 Å². The first-order chi connectivity index (χ1) is 13.1. The Morgan fingerprint density at radius 1 is 1.30 bits per heavy atom. The minimum atomic E-state index is -0.598. The first-order valence-corrected chi connectivity index (χ1v) is 9.54. The maximum absolute atomic E-state index is 14.1. The van der Waals surface area contributed by atoms with E-state index in [0.29, 0.717) is 31.4 Å². The molecule has 1 N–H and O–H groups in total. The number of carbonyl (C=O) groups excluding carboxylic acids is 2. The summed E-state index contributed by atoms with van der Waals surface area (Å²) >= 11 is 1.29. The van der Waals surface area contributed by atoms with E-state index in [1.807, 2.05) is 0 Å². The highest BCUT2D eigenvalue weighted by molar-refractivity contribution is 7.13. The summed E-state index contributed by atoms with van der Waals surface area (Å²) in [6.45, 7) is 3.57. The molecule has 7 nitrogen and oxygen atoms in total. The zero-order valence-corrected chi connectivity index (χ0v) is 15.6. The highest BCUT2D eigenvalue weighted by Gasteiger charge is 2.23. The van der Waals surface area contributed by atoms with Gasteiger partial charge in [0.1, 0.15) is 12.4 Å². The Balaban J connectivity index is 1.68. The van der Waals surface area contributed by atoms with Crippen LogP contribution in [0.15, 0.2) is 35.8 Å². The van der Waals surface area contributed by atoms with Gasteiger partial charge in [0, 0.05) is 37.8 Å². The molecular formula is C18H21FN4O3S. The normalized spacial score (nSPS) is 14.7. The second-order valence-electron chi connectivity index (χ2n) is 6.05. The molecule has 1 aliphatic rings. The van der Waals surface area contributed by atoms with E-state index >= 15 is 0 Å². The van der Waals surface area contributed by atoms with Gasteiger partial charge in [0.05, 0.1) is 18.8 Å². The van der Waals surface area contributed by atoms with Crippen molar-refractivity contribution < 1.29 is 18.7 Å². The lowest BCUT2D eigenvalue weighted by Gasteiger charge is -2.30. The summed E-state index contributed by atoms with van der Waals surface area (Å²) in [7, 11) is 0. The first-order valence-electron chi connectivity index (χ1n) is 8.67. The fraction of sp³-hybridized carbons (Fsp3) is 0.389. The molecule has 27 heavy (non-hydrogen) atoms. The molecule has 0 aliphatic carbocycles. The summed E-state index contributed by atoms with van der Waals surface area (Å²) in [6.07, 6.45) is 1.58. The van der Waals surface area contributed by atoms with Crippen LogP contribution in [0.5, 0.6) is 0 Å². The van der Waals surface area contributed by atoms with Crippen LogP contribution in [0.4, 0.5) is 9.52 Å². The molecule has 0 spiro atoms. The Labute approximate surface area is 160 Å². The molecule has 144 valence electrons. The van der Waals surface area contributed by atoms with Gasteiger partial charge in [0.25, 0.3) is 5.91 Å². The quantitative estimate of drug-likeness (QED) is 0.776. The van der Waals surface area contributed by atoms with Crippen molar-refractivity contribution in [3.63, 3.8) is 0 Å². The van der Waals surface area contributed by atoms with Crippen molar-refractivity contribution in [1.29, 1.82) is 0 Å². The molecule has 0 saturated carbocycles. The van der Waals surface area contributed by atoms with Crippen LogP contribution in [0, 0.1) is 5.82 Å². The third-order valence-electron chi connectivity index (χ3n) is 4.19. The van der Waals surface area contributed by atoms with E-state index in [-0.39, 0.29) is 18.0 Å². The number of amides is 2. The van der Waals surface area contributed by atoms with Gasteiger partial charge in [-0.1, -0.05) is 12.1 Å². The van der Waals surface area contributed by atoms with Gasteiger partial charge in [-0.05, 0) is 12.1 Å². The molecule has 0 radical (unpaired) electrons. The topological polar surface area (TPSA) is 74.8 Å². The second-order valence-corrected chi connectivity index (χ2v) is 6.94. The number of nitrogens with zero attached hydrogens (tertiary/aromatic N) is 3. The molecule has 1 saturated heterocycles. The fourth-order valence-electron chi connectivity index (χ4n) is 2.76. The van der Waals surface area contributed by atoms with Crippen LogP contribution in [0.1, 0.15) is 10.4 Å². The number of halogens is 1. The van der Waals surface area contributed by atoms with Crippen LogP contribution in [-0.4, -0.2) is 72.5 Å². The summed E-state index contributed by atoms with van der Waals surface area (Å²) in [4.78, 5) is 32.7. The highest BCUT2D eigenvalue weighted by atomic mass is 32.1. The number of thiazole rings is 1. The molecule has 3 rings (SSSR count). The first kappa shape index (κ1) is 19.4. The lowest BCUT2D eigenvalue weighted by atomic mass is 10.2. The van der Waals surface area contributed by atoms with Crippen molar-refractivity contribution in [3.8, 4) is 0 Å². The summed E-state index contributed by atoms with van der Waals surface area (Å²) in [5.74, 6) is -1.47. The molecule has 1 aromatic carbocycles. The van der Waals surface area contributed by atoms with Gasteiger partial charge in [0.15, 0.2) is 5.13 Å². The number of hydrogen-bond acceptors (Lipinski definition) is 6. The molecule has 0 bridgehead atoms. The summed E-state index contributed by atoms with van der Waals surface area (Å²) < 4.78 is 19.4. The number of carbonyl (C=O) groups is 2. The summed E-state index contributed by atoms with van der Waals surface area (Å²) in [5.41, 5.74) is -0.0403. The number of morpholine rings is 1. The maximum atomic E-state index is 14.1. The molecular weight excluding hydrogens is 371 g/mol. The van der Waals surface area contributed by atoms with Gasteiger partial charge in [-0.2, -0.15) is 0 Å². The van der Waals surface area contributed by atoms with Crippen LogP contribution < -0.4 is 5.32 Å². The van der Waals surface area contributed by atoms with E-state index < -0.39 is 11.7 Å². The van der Waals surface area contributed by atoms with Crippen molar-refractivity contribution in [2.75, 3.05) is 51.3 Å². The second kappa shape index (κ2) is 9.54. The third kappa shape index (κ3) is 5.56. The van der Waals surface area contributed by atoms with Gasteiger partial charge in [-0.3, -0.25) is 14.5 Å². The number of rotatable bonds is 7. The Kier molecular flexibility index (Phi) is 6.86. The number of ether oxygens (including phenoxy) is 1. The molecule has 2 amide bonds. The molecule has 0 atom stereocenters. The standard InChI is InChI=1S/C18H21FN4O3S/c19-15-4-2-1-3-14(15)17(25)23(7-6-22-8-10-26-11-9-22)13-16(24)21-18-20-5-12-27-18/h1-5,12H,6-11,13H2,(H,20,21,24). The fourth-order valence-corrected chi connectivity index (χ4v) is 3.31. The molecule has 2 heterocycles. The van der Waals surface area contributed by atoms with E-state index in [2.05, 4.69) is 15.2 Å². The van der Waals surface area contributed by atoms with Gasteiger partial charge in [-0.15, -0.1) is 11.3 Å². The number of hydrogen-bond donors (Lipinski definition) is 1. The van der Waals surface area contributed by atoms with Crippen LogP contribution in [0.3, 0.4) is 0 Å². The zero-order chi connectivity index (χ0) is 19.1. The molecule has 1 aliphatic heterocycles. The van der Waals surface area contributed by atoms with Crippen LogP contribution >= 0.6 is 11.3 Å². The van der Waals surface area contributed by atoms with Crippen molar-refractivity contribution in [1.82, 2.24) is 14.8 Å². The summed E-state index contributed by atoms with van der Waals surface area (Å²) in [6, 6.07) is 5.80. The van der Waals surface area contributed by atoms with Gasteiger partial charge in [0.2, 0.25) is 5.91 Å². The summed E-state index contributed by atoms with van der Waals surface area (Å²) in [5, 5.41) is 4.87. The lowest BCUT2D eigenvalue weighted by molar-refractivity contribution is -0.117. The van der Waals surface area contributed by atoms with E-state index in [4.69, 9.17) is 4.74 Å². The van der Waals surface area contributed by atoms with Crippen molar-refractivity contribution in [3.05, 3.63) is 47.2 Å². The van der Waals surface area contributed by atoms with E-state index in [1.165, 1.54) is 34.4 Å². The molecule has 1 fully saturated rings. The van der Waals surface area contributed by atoms with Crippen molar-refractivity contribution in [2.45, 2.75) is 0 Å². The number of nitrogens with one attached hydrogen (secondary N) is 1. The average Bonchev–Trinajstić information content (AvgIpc) is 3.18. The van der Waals surface area contributed by atoms with E-state index in [1.54, 1.807) is 17.6 Å². The highest BCUT2D eigenvalue weighted by Crippen LogP contribution is 2.13. The Hall–Kier alpha value is -2.36. The van der Waals surface area contributed by atoms with Crippen molar-refractivity contribution in [2.24, 2.45) is 0 Å². The van der Waals surface area contributed by atoms with Crippen LogP contribution in [0.2, 0.25) is 0 Å². The van der Waals surface area contributed by atoms with Gasteiger partial charge in [-0.25, -0.2) is 9.37 Å². The van der Waals surface area contributed by atoms with Crippen LogP contribution in [-0.2, 0) is 9.53 Å². The third-order valence-corrected chi connectivity index (χ3v) is 4.88. The molecule has 2 aromatic rings. The average molecular weight is 392 g/mol. The predicted molar refractivity (Wildman–Crippen MR) is 100 cm³/mol. The maximum Gasteiger partial charge on any atom is 0.257 e. The zero-order valence-electron chi connectivity index (χ0n) is 14.8. The number of benzene rings is 1. The van der Waals surface area contributed by atoms with Crippen LogP contribution in [0.25, 0.3) is 0 Å². The van der Waals surface area contributed by atoms with Gasteiger partial charge < -0.3 is 15.0 Å². The largest absolute Gasteiger partial charge is 0.379 e. The molecule has 1 aromatic heterocycles. The number of anilines is 1. The smallest absolute Gasteiger partial charge is 0.257 e. The lowest BCUT2D eigenvalue weighted by Crippen LogP contribution is -2.45. The minimum Gasteiger partial charge on any atom is -0.379 e. The minimum absolute atomic E-state index is 0.0403. The monoisotopic (exact) mass is 392 g/mol. The van der Waals surface area contributed by atoms with Gasteiger partial charge >= 0.3 is 0 Å². The Morgan fingerprint density at radius 2 is 2.07 bits per heavy atom. The Bertz CT molecular complexity index is 766. The SMILES string of the molecule is O=C(CN(CCN1CCOCC1)C(=O)c1ccccc1F)Nc1nccs1. The Morgan fingerprint density at radius 3 is 2.78 bits per heavy atom. The molecule has 0 unspecified atom stereocenters. The van der Waals surface area contributed by atoms with E-state index in [0.717, 1.165) is 13.1 Å². The number of aromatic nitrogens is 1. The predicted octanol–water partition coefficient (Wildman–Crippen LogP) is 1.70.